The number of ether oxygens (including phenoxy) is 1. The number of aryl methyl sites for hydroxylation is 2. The molecule has 9 heteroatoms. The highest BCUT2D eigenvalue weighted by molar-refractivity contribution is 7.17. The third kappa shape index (κ3) is 4.73. The van der Waals surface area contributed by atoms with Crippen LogP contribution in [0.2, 0.25) is 0 Å². The SMILES string of the molecule is Cc1nc(-c2ccccc2)sc1C(=O)Nc1ccc(Oc2cc(-n3nc(C)c(C)c3C)ncn2)cc1. The zero-order chi connectivity index (χ0) is 25.2. The van der Waals surface area contributed by atoms with E-state index in [9.17, 15) is 4.79 Å². The van der Waals surface area contributed by atoms with Crippen LogP contribution in [0.4, 0.5) is 5.69 Å². The second-order valence-electron chi connectivity index (χ2n) is 8.30. The maximum Gasteiger partial charge on any atom is 0.267 e. The highest BCUT2D eigenvalue weighted by Gasteiger charge is 2.17. The lowest BCUT2D eigenvalue weighted by Gasteiger charge is -2.09. The van der Waals surface area contributed by atoms with E-state index in [-0.39, 0.29) is 5.91 Å². The van der Waals surface area contributed by atoms with Crippen LogP contribution in [0.1, 0.15) is 32.3 Å². The van der Waals surface area contributed by atoms with Crippen LogP contribution in [0.15, 0.2) is 67.0 Å². The van der Waals surface area contributed by atoms with Crippen molar-refractivity contribution >= 4 is 22.9 Å². The van der Waals surface area contributed by atoms with Gasteiger partial charge in [-0.3, -0.25) is 4.79 Å². The van der Waals surface area contributed by atoms with E-state index >= 15 is 0 Å². The normalized spacial score (nSPS) is 10.9. The van der Waals surface area contributed by atoms with Gasteiger partial charge in [-0.25, -0.2) is 19.6 Å². The number of benzene rings is 2. The molecule has 180 valence electrons. The summed E-state index contributed by atoms with van der Waals surface area (Å²) in [6.45, 7) is 7.85. The summed E-state index contributed by atoms with van der Waals surface area (Å²) in [5.74, 6) is 1.42. The summed E-state index contributed by atoms with van der Waals surface area (Å²) in [5.41, 5.74) is 5.45. The minimum Gasteiger partial charge on any atom is -0.439 e. The average Bonchev–Trinajstić information content (AvgIpc) is 3.41. The predicted octanol–water partition coefficient (Wildman–Crippen LogP) is 6.06. The number of anilines is 1. The topological polar surface area (TPSA) is 94.8 Å². The second kappa shape index (κ2) is 9.71. The Balaban J connectivity index is 1.28. The number of rotatable bonds is 6. The first-order chi connectivity index (χ1) is 17.4. The van der Waals surface area contributed by atoms with Crippen molar-refractivity contribution < 1.29 is 9.53 Å². The van der Waals surface area contributed by atoms with Gasteiger partial charge >= 0.3 is 0 Å². The van der Waals surface area contributed by atoms with Crippen LogP contribution in [0.3, 0.4) is 0 Å². The zero-order valence-electron chi connectivity index (χ0n) is 20.3. The number of hydrogen-bond donors (Lipinski definition) is 1. The third-order valence-corrected chi connectivity index (χ3v) is 7.06. The fourth-order valence-electron chi connectivity index (χ4n) is 3.67. The van der Waals surface area contributed by atoms with Crippen molar-refractivity contribution in [2.45, 2.75) is 27.7 Å². The van der Waals surface area contributed by atoms with Gasteiger partial charge in [0.1, 0.15) is 22.0 Å². The molecule has 0 saturated heterocycles. The minimum absolute atomic E-state index is 0.193. The van der Waals surface area contributed by atoms with Crippen molar-refractivity contribution in [2.75, 3.05) is 5.32 Å². The number of carbonyl (C=O) groups is 1. The van der Waals surface area contributed by atoms with Gasteiger partial charge < -0.3 is 10.1 Å². The van der Waals surface area contributed by atoms with Gasteiger partial charge in [0.05, 0.1) is 11.4 Å². The molecule has 0 aliphatic rings. The number of nitrogens with zero attached hydrogens (tertiary/aromatic N) is 5. The Kier molecular flexibility index (Phi) is 6.30. The van der Waals surface area contributed by atoms with E-state index in [1.54, 1.807) is 35.0 Å². The van der Waals surface area contributed by atoms with Gasteiger partial charge in [-0.2, -0.15) is 5.10 Å². The lowest BCUT2D eigenvalue weighted by Crippen LogP contribution is -2.11. The smallest absolute Gasteiger partial charge is 0.267 e. The number of thiazole rings is 1. The van der Waals surface area contributed by atoms with Gasteiger partial charge in [0, 0.05) is 23.0 Å². The van der Waals surface area contributed by atoms with Gasteiger partial charge in [-0.1, -0.05) is 30.3 Å². The highest BCUT2D eigenvalue weighted by Crippen LogP contribution is 2.29. The fraction of sp³-hybridized carbons (Fsp3) is 0.148. The van der Waals surface area contributed by atoms with Gasteiger partial charge in [0.15, 0.2) is 5.82 Å². The monoisotopic (exact) mass is 496 g/mol. The largest absolute Gasteiger partial charge is 0.439 e. The Morgan fingerprint density at radius 1 is 0.944 bits per heavy atom. The Hall–Kier alpha value is -4.37. The summed E-state index contributed by atoms with van der Waals surface area (Å²) in [6.07, 6.45) is 1.45. The molecular formula is C27H24N6O2S. The van der Waals surface area contributed by atoms with E-state index in [0.29, 0.717) is 33.7 Å². The van der Waals surface area contributed by atoms with E-state index in [4.69, 9.17) is 4.74 Å². The summed E-state index contributed by atoms with van der Waals surface area (Å²) in [5, 5.41) is 8.30. The van der Waals surface area contributed by atoms with Crippen molar-refractivity contribution in [1.82, 2.24) is 24.7 Å². The molecule has 8 nitrogen and oxygen atoms in total. The number of nitrogens with one attached hydrogen (secondary N) is 1. The maximum absolute atomic E-state index is 12.9. The van der Waals surface area contributed by atoms with E-state index < -0.39 is 0 Å². The van der Waals surface area contributed by atoms with E-state index in [2.05, 4.69) is 25.4 Å². The minimum atomic E-state index is -0.193. The van der Waals surface area contributed by atoms with Gasteiger partial charge in [0.2, 0.25) is 5.88 Å². The van der Waals surface area contributed by atoms with Crippen LogP contribution >= 0.6 is 11.3 Å². The van der Waals surface area contributed by atoms with Crippen LogP contribution in [-0.4, -0.2) is 30.6 Å². The first-order valence-corrected chi connectivity index (χ1v) is 12.2. The van der Waals surface area contributed by atoms with Gasteiger partial charge in [-0.15, -0.1) is 11.3 Å². The zero-order valence-corrected chi connectivity index (χ0v) is 21.1. The number of aromatic nitrogens is 5. The first kappa shape index (κ1) is 23.4. The fourth-order valence-corrected chi connectivity index (χ4v) is 4.64. The molecule has 0 radical (unpaired) electrons. The molecule has 2 aromatic carbocycles. The van der Waals surface area contributed by atoms with Crippen LogP contribution in [0, 0.1) is 27.7 Å². The number of carbonyl (C=O) groups excluding carboxylic acids is 1. The van der Waals surface area contributed by atoms with Gasteiger partial charge in [0.25, 0.3) is 5.91 Å². The highest BCUT2D eigenvalue weighted by atomic mass is 32.1. The van der Waals surface area contributed by atoms with Crippen molar-refractivity contribution in [3.05, 3.63) is 94.5 Å². The molecule has 5 aromatic rings. The van der Waals surface area contributed by atoms with Crippen LogP contribution in [-0.2, 0) is 0 Å². The molecule has 3 aromatic heterocycles. The van der Waals surface area contributed by atoms with Crippen molar-refractivity contribution in [3.8, 4) is 28.0 Å². The van der Waals surface area contributed by atoms with E-state index in [1.165, 1.54) is 17.7 Å². The lowest BCUT2D eigenvalue weighted by atomic mass is 10.2. The van der Waals surface area contributed by atoms with Crippen LogP contribution < -0.4 is 10.1 Å². The quantitative estimate of drug-likeness (QED) is 0.307. The maximum atomic E-state index is 12.9. The average molecular weight is 497 g/mol. The summed E-state index contributed by atoms with van der Waals surface area (Å²) >= 11 is 1.38. The Morgan fingerprint density at radius 2 is 1.69 bits per heavy atom. The summed E-state index contributed by atoms with van der Waals surface area (Å²) in [6, 6.07) is 18.7. The molecule has 0 saturated carbocycles. The molecule has 0 spiro atoms. The summed E-state index contributed by atoms with van der Waals surface area (Å²) < 4.78 is 7.70. The first-order valence-electron chi connectivity index (χ1n) is 11.4. The van der Waals surface area contributed by atoms with Crippen molar-refractivity contribution in [2.24, 2.45) is 0 Å². The van der Waals surface area contributed by atoms with Crippen molar-refractivity contribution in [1.29, 1.82) is 0 Å². The molecule has 0 bridgehead atoms. The molecule has 0 atom stereocenters. The van der Waals surface area contributed by atoms with Crippen LogP contribution in [0.5, 0.6) is 11.6 Å². The molecule has 0 fully saturated rings. The molecule has 1 amide bonds. The second-order valence-corrected chi connectivity index (χ2v) is 9.30. The van der Waals surface area contributed by atoms with E-state index in [1.807, 2.05) is 58.0 Å². The molecule has 0 unspecified atom stereocenters. The predicted molar refractivity (Wildman–Crippen MR) is 140 cm³/mol. The Labute approximate surface area is 212 Å². The van der Waals surface area contributed by atoms with Crippen molar-refractivity contribution in [3.63, 3.8) is 0 Å². The van der Waals surface area contributed by atoms with E-state index in [0.717, 1.165) is 27.5 Å². The molecule has 3 heterocycles. The summed E-state index contributed by atoms with van der Waals surface area (Å²) in [7, 11) is 0. The Bertz CT molecular complexity index is 1540. The molecular weight excluding hydrogens is 472 g/mol. The number of amides is 1. The van der Waals surface area contributed by atoms with Gasteiger partial charge in [-0.05, 0) is 57.5 Å². The Morgan fingerprint density at radius 3 is 2.39 bits per heavy atom. The molecule has 5 rings (SSSR count). The molecule has 0 aliphatic heterocycles. The third-order valence-electron chi connectivity index (χ3n) is 5.86. The molecule has 36 heavy (non-hydrogen) atoms. The standard InChI is InChI=1S/C27H24N6O2S/c1-16-17(2)32-33(19(16)4)23-14-24(29-15-28-23)35-22-12-10-21(11-13-22)31-26(34)25-18(3)30-27(36-25)20-8-6-5-7-9-20/h5-15H,1-4H3,(H,31,34). The molecule has 1 N–H and O–H groups in total. The number of hydrogen-bond acceptors (Lipinski definition) is 7. The molecule has 0 aliphatic carbocycles. The summed E-state index contributed by atoms with van der Waals surface area (Å²) in [4.78, 5) is 26.6. The van der Waals surface area contributed by atoms with Crippen LogP contribution in [0.25, 0.3) is 16.4 Å². The lowest BCUT2D eigenvalue weighted by molar-refractivity contribution is 0.103.